The van der Waals surface area contributed by atoms with Crippen LogP contribution >= 0.6 is 23.2 Å². The zero-order valence-corrected chi connectivity index (χ0v) is 22.4. The second kappa shape index (κ2) is 11.0. The van der Waals surface area contributed by atoms with Crippen molar-refractivity contribution in [1.29, 1.82) is 0 Å². The van der Waals surface area contributed by atoms with E-state index in [-0.39, 0.29) is 45.5 Å². The molecule has 1 amide bonds. The van der Waals surface area contributed by atoms with Gasteiger partial charge in [-0.2, -0.15) is 5.10 Å². The lowest BCUT2D eigenvalue weighted by Crippen LogP contribution is -2.43. The van der Waals surface area contributed by atoms with E-state index >= 15 is 0 Å². The second-order valence-electron chi connectivity index (χ2n) is 10.7. The number of hydrogen-bond donors (Lipinski definition) is 0. The summed E-state index contributed by atoms with van der Waals surface area (Å²) in [5.41, 5.74) is 0.0654. The lowest BCUT2D eigenvalue weighted by molar-refractivity contribution is 0.0288. The van der Waals surface area contributed by atoms with E-state index < -0.39 is 5.60 Å². The molecule has 2 aliphatic rings. The minimum atomic E-state index is -0.529. The first-order valence-electron chi connectivity index (χ1n) is 12.4. The highest BCUT2D eigenvalue weighted by Crippen LogP contribution is 2.34. The number of anilines is 1. The first-order chi connectivity index (χ1) is 17.0. The molecule has 1 aromatic heterocycles. The van der Waals surface area contributed by atoms with Gasteiger partial charge in [0, 0.05) is 31.4 Å². The van der Waals surface area contributed by atoms with Crippen LogP contribution in [-0.2, 0) is 4.74 Å². The summed E-state index contributed by atoms with van der Waals surface area (Å²) in [5, 5.41) is 4.37. The van der Waals surface area contributed by atoms with Crippen molar-refractivity contribution in [3.8, 4) is 0 Å². The average molecular weight is 539 g/mol. The summed E-state index contributed by atoms with van der Waals surface area (Å²) in [5.74, 6) is 0.00379. The maximum atomic E-state index is 13.7. The molecule has 2 heterocycles. The molecule has 0 bridgehead atoms. The van der Waals surface area contributed by atoms with Crippen LogP contribution in [0.1, 0.15) is 58.9 Å². The predicted octanol–water partition coefficient (Wildman–Crippen LogP) is 5.94. The number of rotatable bonds is 5. The van der Waals surface area contributed by atoms with Crippen molar-refractivity contribution in [2.75, 3.05) is 24.5 Å². The van der Waals surface area contributed by atoms with Crippen LogP contribution in [0, 0.1) is 11.7 Å². The van der Waals surface area contributed by atoms with Gasteiger partial charge in [0.1, 0.15) is 16.4 Å². The van der Waals surface area contributed by atoms with Gasteiger partial charge >= 0.3 is 6.09 Å². The fourth-order valence-electron chi connectivity index (χ4n) is 5.15. The summed E-state index contributed by atoms with van der Waals surface area (Å²) in [6, 6.07) is 6.76. The topological polar surface area (TPSA) is 67.7 Å². The van der Waals surface area contributed by atoms with Gasteiger partial charge in [-0.3, -0.25) is 4.79 Å². The van der Waals surface area contributed by atoms with Gasteiger partial charge < -0.3 is 14.5 Å². The quantitative estimate of drug-likeness (QED) is 0.471. The number of halogens is 3. The van der Waals surface area contributed by atoms with Crippen molar-refractivity contribution >= 4 is 35.0 Å². The lowest BCUT2D eigenvalue weighted by Gasteiger charge is -2.40. The van der Waals surface area contributed by atoms with Gasteiger partial charge in [-0.15, -0.1) is 0 Å². The number of ether oxygens (including phenoxy) is 1. The Kier molecular flexibility index (Phi) is 8.15. The Balaban J connectivity index is 1.45. The van der Waals surface area contributed by atoms with Crippen molar-refractivity contribution in [2.45, 2.75) is 70.6 Å². The van der Waals surface area contributed by atoms with Crippen molar-refractivity contribution in [3.05, 3.63) is 56.7 Å². The first-order valence-corrected chi connectivity index (χ1v) is 13.2. The van der Waals surface area contributed by atoms with E-state index in [9.17, 15) is 14.0 Å². The predicted molar refractivity (Wildman–Crippen MR) is 139 cm³/mol. The average Bonchev–Trinajstić information content (AvgIpc) is 3.30. The second-order valence-corrected chi connectivity index (χ2v) is 11.5. The minimum absolute atomic E-state index is 0.00231. The van der Waals surface area contributed by atoms with Gasteiger partial charge in [0.2, 0.25) is 0 Å². The summed E-state index contributed by atoms with van der Waals surface area (Å²) in [4.78, 5) is 29.2. The Morgan fingerprint density at radius 1 is 1.14 bits per heavy atom. The number of carbonyl (C=O) groups is 1. The SMILES string of the molecule is CC(C)(C)OC(=O)N1CCC(CN(c2ccc(F)cc2)C2CCC(n3ncc(Cl)c(Cl)c3=O)CC2)C1. The lowest BCUT2D eigenvalue weighted by atomic mass is 9.89. The van der Waals surface area contributed by atoms with Gasteiger partial charge in [0.25, 0.3) is 5.56 Å². The Bertz CT molecular complexity index is 1130. The third-order valence-corrected chi connectivity index (χ3v) is 7.65. The minimum Gasteiger partial charge on any atom is -0.444 e. The molecule has 1 aliphatic carbocycles. The monoisotopic (exact) mass is 538 g/mol. The zero-order chi connectivity index (χ0) is 26.0. The molecule has 1 saturated heterocycles. The standard InChI is InChI=1S/C26H33Cl2FN4O3/c1-26(2,3)36-25(35)31-13-12-17(15-31)16-32(19-6-4-18(29)5-7-19)20-8-10-21(11-9-20)33-24(34)23(28)22(27)14-30-33/h4-7,14,17,20-21H,8-13,15-16H2,1-3H3. The van der Waals surface area contributed by atoms with E-state index in [0.717, 1.165) is 44.3 Å². The number of amides is 1. The van der Waals surface area contributed by atoms with Gasteiger partial charge in [-0.25, -0.2) is 13.9 Å². The molecule has 1 aromatic carbocycles. The van der Waals surface area contributed by atoms with E-state index in [1.165, 1.54) is 23.0 Å². The molecule has 4 rings (SSSR count). The number of hydrogen-bond acceptors (Lipinski definition) is 5. The first kappa shape index (κ1) is 26.7. The third-order valence-electron chi connectivity index (χ3n) is 6.90. The maximum absolute atomic E-state index is 13.7. The van der Waals surface area contributed by atoms with Crippen LogP contribution in [0.25, 0.3) is 0 Å². The van der Waals surface area contributed by atoms with E-state index in [1.807, 2.05) is 32.9 Å². The molecule has 2 fully saturated rings. The molecular formula is C26H33Cl2FN4O3. The zero-order valence-electron chi connectivity index (χ0n) is 20.9. The number of nitrogens with zero attached hydrogens (tertiary/aromatic N) is 4. The normalized spacial score (nSPS) is 22.5. The fourth-order valence-corrected chi connectivity index (χ4v) is 5.41. The molecular weight excluding hydrogens is 506 g/mol. The molecule has 1 unspecified atom stereocenters. The van der Waals surface area contributed by atoms with E-state index in [0.29, 0.717) is 13.1 Å². The highest BCUT2D eigenvalue weighted by molar-refractivity contribution is 6.41. The fraction of sp³-hybridized carbons (Fsp3) is 0.577. The van der Waals surface area contributed by atoms with E-state index in [1.54, 1.807) is 4.90 Å². The summed E-state index contributed by atoms with van der Waals surface area (Å²) >= 11 is 12.0. The van der Waals surface area contributed by atoms with Gasteiger partial charge in [-0.05, 0) is 83.1 Å². The van der Waals surface area contributed by atoms with Crippen molar-refractivity contribution in [2.24, 2.45) is 5.92 Å². The van der Waals surface area contributed by atoms with Crippen LogP contribution in [0.3, 0.4) is 0 Å². The molecule has 7 nitrogen and oxygen atoms in total. The third kappa shape index (κ3) is 6.32. The molecule has 36 heavy (non-hydrogen) atoms. The number of likely N-dealkylation sites (tertiary alicyclic amines) is 1. The van der Waals surface area contributed by atoms with Crippen LogP contribution in [0.2, 0.25) is 10.0 Å². The summed E-state index contributed by atoms with van der Waals surface area (Å²) < 4.78 is 20.7. The van der Waals surface area contributed by atoms with Gasteiger partial charge in [-0.1, -0.05) is 23.2 Å². The molecule has 1 saturated carbocycles. The molecule has 0 spiro atoms. The number of benzene rings is 1. The molecule has 196 valence electrons. The van der Waals surface area contributed by atoms with Crippen LogP contribution in [-0.4, -0.2) is 52.1 Å². The largest absolute Gasteiger partial charge is 0.444 e. The highest BCUT2D eigenvalue weighted by Gasteiger charge is 2.34. The molecule has 10 heteroatoms. The van der Waals surface area contributed by atoms with Crippen LogP contribution in [0.15, 0.2) is 35.3 Å². The van der Waals surface area contributed by atoms with Crippen LogP contribution in [0.4, 0.5) is 14.9 Å². The Morgan fingerprint density at radius 3 is 2.44 bits per heavy atom. The summed E-state index contributed by atoms with van der Waals surface area (Å²) in [6.07, 6.45) is 5.24. The summed E-state index contributed by atoms with van der Waals surface area (Å²) in [7, 11) is 0. The Labute approximate surface area is 221 Å². The van der Waals surface area contributed by atoms with Crippen molar-refractivity contribution in [1.82, 2.24) is 14.7 Å². The summed E-state index contributed by atoms with van der Waals surface area (Å²) in [6.45, 7) is 7.65. The number of aromatic nitrogens is 2. The molecule has 1 atom stereocenters. The van der Waals surface area contributed by atoms with E-state index in [4.69, 9.17) is 27.9 Å². The highest BCUT2D eigenvalue weighted by atomic mass is 35.5. The maximum Gasteiger partial charge on any atom is 0.410 e. The molecule has 1 aliphatic heterocycles. The van der Waals surface area contributed by atoms with Crippen molar-refractivity contribution < 1.29 is 13.9 Å². The molecule has 0 radical (unpaired) electrons. The Morgan fingerprint density at radius 2 is 1.81 bits per heavy atom. The van der Waals surface area contributed by atoms with Crippen molar-refractivity contribution in [3.63, 3.8) is 0 Å². The van der Waals surface area contributed by atoms with E-state index in [2.05, 4.69) is 10.00 Å². The molecule has 2 aromatic rings. The van der Waals surface area contributed by atoms with Gasteiger partial charge in [0.15, 0.2) is 0 Å². The smallest absolute Gasteiger partial charge is 0.410 e. The van der Waals surface area contributed by atoms with Crippen LogP contribution < -0.4 is 10.5 Å². The Hall–Kier alpha value is -2.32. The van der Waals surface area contributed by atoms with Gasteiger partial charge in [0.05, 0.1) is 17.3 Å². The molecule has 0 N–H and O–H groups in total. The number of carbonyl (C=O) groups excluding carboxylic acids is 1. The van der Waals surface area contributed by atoms with Crippen LogP contribution in [0.5, 0.6) is 0 Å².